The number of nitrogens with zero attached hydrogens (tertiary/aromatic N) is 2. The van der Waals surface area contributed by atoms with Gasteiger partial charge in [-0.2, -0.15) is 0 Å². The fraction of sp³-hybridized carbons (Fsp3) is 0.412. The molecule has 0 saturated carbocycles. The molecule has 1 fully saturated rings. The van der Waals surface area contributed by atoms with Crippen molar-refractivity contribution in [2.75, 3.05) is 18.4 Å². The highest BCUT2D eigenvalue weighted by molar-refractivity contribution is 5.85. The van der Waals surface area contributed by atoms with Gasteiger partial charge in [0.15, 0.2) is 0 Å². The topological polar surface area (TPSA) is 49.8 Å². The lowest BCUT2D eigenvalue weighted by Crippen LogP contribution is -2.28. The standard InChI is InChI=1S/C17H22N4.ClH/c1-13-4-2-6-16(21-13)12-20-17-10-14(7-9-19-17)15-5-3-8-18-11-15;/h2,4,6-7,9-10,15,18H,3,5,8,11-12H2,1H3,(H,19,20);1H. The number of aromatic nitrogens is 2. The van der Waals surface area contributed by atoms with Crippen LogP contribution in [0.2, 0.25) is 0 Å². The van der Waals surface area contributed by atoms with Crippen LogP contribution in [0, 0.1) is 6.92 Å². The number of rotatable bonds is 4. The van der Waals surface area contributed by atoms with Crippen LogP contribution in [0.3, 0.4) is 0 Å². The first-order chi connectivity index (χ1) is 10.3. The first-order valence-electron chi connectivity index (χ1n) is 7.64. The number of pyridine rings is 2. The molecule has 2 aromatic rings. The summed E-state index contributed by atoms with van der Waals surface area (Å²) in [5.74, 6) is 1.54. The van der Waals surface area contributed by atoms with E-state index < -0.39 is 0 Å². The van der Waals surface area contributed by atoms with Gasteiger partial charge in [-0.1, -0.05) is 6.07 Å². The molecule has 22 heavy (non-hydrogen) atoms. The second-order valence-corrected chi connectivity index (χ2v) is 5.64. The Balaban J connectivity index is 0.00000176. The average Bonchev–Trinajstić information content (AvgIpc) is 2.54. The third kappa shape index (κ3) is 4.42. The van der Waals surface area contributed by atoms with Crippen molar-refractivity contribution < 1.29 is 0 Å². The third-order valence-corrected chi connectivity index (χ3v) is 3.95. The van der Waals surface area contributed by atoms with Crippen LogP contribution >= 0.6 is 12.4 Å². The van der Waals surface area contributed by atoms with Gasteiger partial charge in [-0.15, -0.1) is 12.4 Å². The zero-order valence-corrected chi connectivity index (χ0v) is 13.7. The molecule has 4 nitrogen and oxygen atoms in total. The Kier molecular flexibility index (Phi) is 6.16. The summed E-state index contributed by atoms with van der Waals surface area (Å²) in [5.41, 5.74) is 3.46. The Morgan fingerprint density at radius 2 is 2.23 bits per heavy atom. The minimum atomic E-state index is 0. The van der Waals surface area contributed by atoms with E-state index in [9.17, 15) is 0 Å². The van der Waals surface area contributed by atoms with E-state index in [-0.39, 0.29) is 12.4 Å². The molecule has 1 atom stereocenters. The lowest BCUT2D eigenvalue weighted by Gasteiger charge is -2.23. The van der Waals surface area contributed by atoms with Gasteiger partial charge >= 0.3 is 0 Å². The summed E-state index contributed by atoms with van der Waals surface area (Å²) >= 11 is 0. The van der Waals surface area contributed by atoms with E-state index in [1.165, 1.54) is 18.4 Å². The minimum absolute atomic E-state index is 0. The zero-order valence-electron chi connectivity index (χ0n) is 12.9. The fourth-order valence-electron chi connectivity index (χ4n) is 2.81. The first kappa shape index (κ1) is 16.7. The molecule has 1 aliphatic heterocycles. The molecule has 0 aromatic carbocycles. The molecule has 2 N–H and O–H groups in total. The number of anilines is 1. The Morgan fingerprint density at radius 3 is 3.00 bits per heavy atom. The van der Waals surface area contributed by atoms with E-state index in [1.807, 2.05) is 31.3 Å². The van der Waals surface area contributed by atoms with E-state index in [4.69, 9.17) is 0 Å². The zero-order chi connectivity index (χ0) is 14.5. The number of hydrogen-bond donors (Lipinski definition) is 2. The molecule has 3 rings (SSSR count). The molecule has 0 amide bonds. The number of hydrogen-bond acceptors (Lipinski definition) is 4. The smallest absolute Gasteiger partial charge is 0.126 e. The summed E-state index contributed by atoms with van der Waals surface area (Å²) in [6.45, 7) is 4.94. The van der Waals surface area contributed by atoms with Crippen molar-refractivity contribution in [1.82, 2.24) is 15.3 Å². The van der Waals surface area contributed by atoms with Gasteiger partial charge in [0.25, 0.3) is 0 Å². The van der Waals surface area contributed by atoms with Crippen LogP contribution < -0.4 is 10.6 Å². The van der Waals surface area contributed by atoms with Crippen LogP contribution in [-0.4, -0.2) is 23.1 Å². The Morgan fingerprint density at radius 1 is 1.32 bits per heavy atom. The largest absolute Gasteiger partial charge is 0.364 e. The molecule has 0 aliphatic carbocycles. The van der Waals surface area contributed by atoms with Crippen LogP contribution in [0.4, 0.5) is 5.82 Å². The fourth-order valence-corrected chi connectivity index (χ4v) is 2.81. The molecular formula is C17H23ClN4. The Bertz CT molecular complexity index is 597. The molecule has 0 bridgehead atoms. The highest BCUT2D eigenvalue weighted by atomic mass is 35.5. The molecule has 0 spiro atoms. The number of nitrogens with one attached hydrogen (secondary N) is 2. The Labute approximate surface area is 138 Å². The Hall–Kier alpha value is -1.65. The summed E-state index contributed by atoms with van der Waals surface area (Å²) in [6, 6.07) is 10.4. The van der Waals surface area contributed by atoms with Crippen molar-refractivity contribution in [2.45, 2.75) is 32.2 Å². The monoisotopic (exact) mass is 318 g/mol. The van der Waals surface area contributed by atoms with Crippen molar-refractivity contribution in [3.05, 3.63) is 53.5 Å². The van der Waals surface area contributed by atoms with Crippen molar-refractivity contribution in [2.24, 2.45) is 0 Å². The lowest BCUT2D eigenvalue weighted by molar-refractivity contribution is 0.461. The molecular weight excluding hydrogens is 296 g/mol. The number of piperidine rings is 1. The van der Waals surface area contributed by atoms with E-state index in [2.05, 4.69) is 32.7 Å². The van der Waals surface area contributed by atoms with Crippen LogP contribution in [0.1, 0.15) is 35.7 Å². The van der Waals surface area contributed by atoms with Gasteiger partial charge < -0.3 is 10.6 Å². The van der Waals surface area contributed by atoms with Crippen LogP contribution in [-0.2, 0) is 6.54 Å². The van der Waals surface area contributed by atoms with Crippen molar-refractivity contribution in [1.29, 1.82) is 0 Å². The van der Waals surface area contributed by atoms with Gasteiger partial charge in [-0.05, 0) is 62.1 Å². The van der Waals surface area contributed by atoms with Crippen LogP contribution in [0.5, 0.6) is 0 Å². The number of halogens is 1. The predicted octanol–water partition coefficient (Wildman–Crippen LogP) is 3.29. The first-order valence-corrected chi connectivity index (χ1v) is 7.64. The van der Waals surface area contributed by atoms with Crippen LogP contribution in [0.25, 0.3) is 0 Å². The third-order valence-electron chi connectivity index (χ3n) is 3.95. The summed E-state index contributed by atoms with van der Waals surface area (Å²) in [4.78, 5) is 8.91. The molecule has 1 aliphatic rings. The van der Waals surface area contributed by atoms with Gasteiger partial charge in [-0.25, -0.2) is 4.98 Å². The molecule has 2 aromatic heterocycles. The maximum atomic E-state index is 4.50. The SMILES string of the molecule is Cc1cccc(CNc2cc(C3CCCNC3)ccn2)n1.Cl. The predicted molar refractivity (Wildman–Crippen MR) is 92.6 cm³/mol. The summed E-state index contributed by atoms with van der Waals surface area (Å²) in [7, 11) is 0. The molecule has 5 heteroatoms. The van der Waals surface area contributed by atoms with Crippen molar-refractivity contribution in [3.8, 4) is 0 Å². The highest BCUT2D eigenvalue weighted by Crippen LogP contribution is 2.24. The summed E-state index contributed by atoms with van der Waals surface area (Å²) < 4.78 is 0. The molecule has 0 radical (unpaired) electrons. The van der Waals surface area contributed by atoms with Gasteiger partial charge in [0, 0.05) is 18.4 Å². The van der Waals surface area contributed by atoms with E-state index in [0.717, 1.165) is 30.3 Å². The molecule has 1 saturated heterocycles. The maximum absolute atomic E-state index is 4.50. The molecule has 1 unspecified atom stereocenters. The number of aryl methyl sites for hydroxylation is 1. The normalized spacial score (nSPS) is 17.6. The summed E-state index contributed by atoms with van der Waals surface area (Å²) in [6.07, 6.45) is 4.41. The van der Waals surface area contributed by atoms with E-state index in [0.29, 0.717) is 12.5 Å². The lowest BCUT2D eigenvalue weighted by atomic mass is 9.92. The van der Waals surface area contributed by atoms with Crippen molar-refractivity contribution >= 4 is 18.2 Å². The van der Waals surface area contributed by atoms with Crippen LogP contribution in [0.15, 0.2) is 36.5 Å². The van der Waals surface area contributed by atoms with E-state index in [1.54, 1.807) is 0 Å². The quantitative estimate of drug-likeness (QED) is 0.908. The minimum Gasteiger partial charge on any atom is -0.364 e. The van der Waals surface area contributed by atoms with E-state index >= 15 is 0 Å². The molecule has 118 valence electrons. The second-order valence-electron chi connectivity index (χ2n) is 5.64. The second kappa shape index (κ2) is 8.11. The maximum Gasteiger partial charge on any atom is 0.126 e. The van der Waals surface area contributed by atoms with Gasteiger partial charge in [0.1, 0.15) is 5.82 Å². The molecule has 3 heterocycles. The average molecular weight is 319 g/mol. The van der Waals surface area contributed by atoms with Crippen molar-refractivity contribution in [3.63, 3.8) is 0 Å². The van der Waals surface area contributed by atoms with Gasteiger partial charge in [0.05, 0.1) is 12.2 Å². The van der Waals surface area contributed by atoms with Gasteiger partial charge in [-0.3, -0.25) is 4.98 Å². The summed E-state index contributed by atoms with van der Waals surface area (Å²) in [5, 5.41) is 6.84. The highest BCUT2D eigenvalue weighted by Gasteiger charge is 2.15. The van der Waals surface area contributed by atoms with Gasteiger partial charge in [0.2, 0.25) is 0 Å².